The van der Waals surface area contributed by atoms with Crippen LogP contribution < -0.4 is 5.43 Å². The minimum atomic E-state index is -0.207. The average molecular weight is 512 g/mol. The number of thioether (sulfide) groups is 1. The topological polar surface area (TPSA) is 72.2 Å². The van der Waals surface area contributed by atoms with Crippen LogP contribution in [-0.4, -0.2) is 32.6 Å². The number of carbonyl (C=O) groups is 1. The number of hydrogen-bond acceptors (Lipinski definition) is 5. The lowest BCUT2D eigenvalue weighted by atomic mass is 9.87. The molecule has 0 aliphatic rings. The molecule has 7 heteroatoms. The maximum atomic E-state index is 12.5. The van der Waals surface area contributed by atoms with E-state index < -0.39 is 0 Å². The van der Waals surface area contributed by atoms with E-state index in [9.17, 15) is 4.79 Å². The van der Waals surface area contributed by atoms with Crippen molar-refractivity contribution in [2.45, 2.75) is 51.6 Å². The van der Waals surface area contributed by atoms with Crippen LogP contribution in [-0.2, 0) is 16.6 Å². The number of aryl methyl sites for hydroxylation is 2. The fraction of sp³-hybridized carbons (Fsp3) is 0.267. The normalized spacial score (nSPS) is 11.7. The van der Waals surface area contributed by atoms with Crippen LogP contribution in [0, 0.1) is 6.92 Å². The van der Waals surface area contributed by atoms with E-state index >= 15 is 0 Å². The molecule has 0 unspecified atom stereocenters. The SMILES string of the molecule is CCc1ccc(/C=N/NC(=O)CSc2nnc(-c3ccc(C(C)(C)C)cc3)n2-c2ccc(C)cc2)cc1. The predicted molar refractivity (Wildman–Crippen MR) is 153 cm³/mol. The molecule has 4 rings (SSSR count). The van der Waals surface area contributed by atoms with Crippen molar-refractivity contribution in [2.24, 2.45) is 5.10 Å². The molecule has 1 aromatic heterocycles. The van der Waals surface area contributed by atoms with Crippen molar-refractivity contribution < 1.29 is 4.79 Å². The number of amides is 1. The maximum absolute atomic E-state index is 12.5. The fourth-order valence-corrected chi connectivity index (χ4v) is 4.52. The van der Waals surface area contributed by atoms with Gasteiger partial charge in [0.05, 0.1) is 12.0 Å². The second-order valence-electron chi connectivity index (χ2n) is 9.98. The first-order valence-electron chi connectivity index (χ1n) is 12.4. The van der Waals surface area contributed by atoms with Gasteiger partial charge in [0.1, 0.15) is 0 Å². The zero-order valence-electron chi connectivity index (χ0n) is 22.0. The van der Waals surface area contributed by atoms with Crippen molar-refractivity contribution in [3.63, 3.8) is 0 Å². The van der Waals surface area contributed by atoms with Crippen molar-refractivity contribution in [1.29, 1.82) is 0 Å². The van der Waals surface area contributed by atoms with Gasteiger partial charge in [-0.25, -0.2) is 5.43 Å². The Morgan fingerprint density at radius 2 is 1.65 bits per heavy atom. The zero-order valence-corrected chi connectivity index (χ0v) is 22.8. The van der Waals surface area contributed by atoms with E-state index in [1.807, 2.05) is 28.8 Å². The van der Waals surface area contributed by atoms with Gasteiger partial charge in [-0.05, 0) is 47.6 Å². The molecule has 0 fully saturated rings. The highest BCUT2D eigenvalue weighted by atomic mass is 32.2. The summed E-state index contributed by atoms with van der Waals surface area (Å²) in [6.45, 7) is 10.8. The Labute approximate surface area is 223 Å². The van der Waals surface area contributed by atoms with E-state index in [-0.39, 0.29) is 17.1 Å². The molecule has 0 spiro atoms. The summed E-state index contributed by atoms with van der Waals surface area (Å²) in [5.74, 6) is 0.695. The lowest BCUT2D eigenvalue weighted by Crippen LogP contribution is -2.20. The Balaban J connectivity index is 1.51. The molecule has 6 nitrogen and oxygen atoms in total. The molecular weight excluding hydrogens is 478 g/mol. The Morgan fingerprint density at radius 3 is 2.27 bits per heavy atom. The third-order valence-electron chi connectivity index (χ3n) is 6.06. The van der Waals surface area contributed by atoms with Crippen molar-refractivity contribution in [2.75, 3.05) is 5.75 Å². The molecule has 4 aromatic rings. The Bertz CT molecular complexity index is 1370. The molecule has 37 heavy (non-hydrogen) atoms. The minimum absolute atomic E-state index is 0.0684. The highest BCUT2D eigenvalue weighted by Crippen LogP contribution is 2.30. The summed E-state index contributed by atoms with van der Waals surface area (Å²) >= 11 is 1.33. The number of hydrazone groups is 1. The number of nitrogens with zero attached hydrogens (tertiary/aromatic N) is 4. The smallest absolute Gasteiger partial charge is 0.250 e. The van der Waals surface area contributed by atoms with Gasteiger partial charge in [-0.15, -0.1) is 10.2 Å². The van der Waals surface area contributed by atoms with Gasteiger partial charge in [-0.3, -0.25) is 9.36 Å². The Kier molecular flexibility index (Phi) is 8.24. The number of aromatic nitrogens is 3. The second-order valence-corrected chi connectivity index (χ2v) is 10.9. The second kappa shape index (κ2) is 11.6. The molecule has 0 bridgehead atoms. The van der Waals surface area contributed by atoms with Gasteiger partial charge in [0, 0.05) is 11.3 Å². The monoisotopic (exact) mass is 511 g/mol. The third kappa shape index (κ3) is 6.74. The first-order chi connectivity index (χ1) is 17.7. The molecule has 1 amide bonds. The van der Waals surface area contributed by atoms with Crippen LogP contribution >= 0.6 is 11.8 Å². The Hall–Kier alpha value is -3.71. The summed E-state index contributed by atoms with van der Waals surface area (Å²) < 4.78 is 2.00. The van der Waals surface area contributed by atoms with E-state index in [1.54, 1.807) is 6.21 Å². The van der Waals surface area contributed by atoms with Gasteiger partial charge in [0.25, 0.3) is 5.91 Å². The van der Waals surface area contributed by atoms with Gasteiger partial charge >= 0.3 is 0 Å². The predicted octanol–water partition coefficient (Wildman–Crippen LogP) is 6.35. The standard InChI is InChI=1S/C30H33N5OS/c1-6-22-9-11-23(12-10-22)19-31-32-27(36)20-37-29-34-33-28(35(29)26-17-7-21(2)8-18-26)24-13-15-25(16-14-24)30(3,4)5/h7-19H,6,20H2,1-5H3,(H,32,36)/b31-19+. The van der Waals surface area contributed by atoms with Gasteiger partial charge < -0.3 is 0 Å². The van der Waals surface area contributed by atoms with E-state index in [0.29, 0.717) is 5.16 Å². The molecule has 190 valence electrons. The highest BCUT2D eigenvalue weighted by Gasteiger charge is 2.19. The lowest BCUT2D eigenvalue weighted by Gasteiger charge is -2.19. The van der Waals surface area contributed by atoms with Crippen LogP contribution in [0.25, 0.3) is 17.1 Å². The summed E-state index contributed by atoms with van der Waals surface area (Å²) in [5.41, 5.74) is 9.22. The summed E-state index contributed by atoms with van der Waals surface area (Å²) in [6, 6.07) is 24.7. The molecule has 0 aliphatic carbocycles. The molecule has 3 aromatic carbocycles. The molecule has 1 heterocycles. The number of carbonyl (C=O) groups excluding carboxylic acids is 1. The molecule has 0 atom stereocenters. The molecule has 0 radical (unpaired) electrons. The quantitative estimate of drug-likeness (QED) is 0.170. The Morgan fingerprint density at radius 1 is 0.973 bits per heavy atom. The van der Waals surface area contributed by atoms with Crippen molar-refractivity contribution in [3.8, 4) is 17.1 Å². The average Bonchev–Trinajstić information content (AvgIpc) is 3.32. The van der Waals surface area contributed by atoms with Crippen LogP contribution in [0.2, 0.25) is 0 Å². The van der Waals surface area contributed by atoms with Crippen LogP contribution in [0.1, 0.15) is 49.9 Å². The van der Waals surface area contributed by atoms with Crippen molar-refractivity contribution >= 4 is 23.9 Å². The zero-order chi connectivity index (χ0) is 26.4. The summed E-state index contributed by atoms with van der Waals surface area (Å²) in [4.78, 5) is 12.5. The number of hydrogen-bond donors (Lipinski definition) is 1. The first kappa shape index (κ1) is 26.4. The minimum Gasteiger partial charge on any atom is -0.272 e. The van der Waals surface area contributed by atoms with Crippen molar-refractivity contribution in [3.05, 3.63) is 95.1 Å². The fourth-order valence-electron chi connectivity index (χ4n) is 3.78. The van der Waals surface area contributed by atoms with Crippen LogP contribution in [0.3, 0.4) is 0 Å². The van der Waals surface area contributed by atoms with Gasteiger partial charge in [-0.1, -0.05) is 106 Å². The van der Waals surface area contributed by atoms with E-state index in [1.165, 1.54) is 28.5 Å². The lowest BCUT2D eigenvalue weighted by molar-refractivity contribution is -0.118. The molecule has 0 aliphatic heterocycles. The molecule has 0 saturated heterocycles. The van der Waals surface area contributed by atoms with Crippen LogP contribution in [0.15, 0.2) is 83.1 Å². The van der Waals surface area contributed by atoms with E-state index in [4.69, 9.17) is 0 Å². The maximum Gasteiger partial charge on any atom is 0.250 e. The number of nitrogens with one attached hydrogen (secondary N) is 1. The van der Waals surface area contributed by atoms with Crippen LogP contribution in [0.4, 0.5) is 0 Å². The van der Waals surface area contributed by atoms with E-state index in [0.717, 1.165) is 29.1 Å². The third-order valence-corrected chi connectivity index (χ3v) is 6.99. The summed E-state index contributed by atoms with van der Waals surface area (Å²) in [6.07, 6.45) is 2.64. The van der Waals surface area contributed by atoms with Crippen molar-refractivity contribution in [1.82, 2.24) is 20.2 Å². The van der Waals surface area contributed by atoms with Crippen LogP contribution in [0.5, 0.6) is 0 Å². The van der Waals surface area contributed by atoms with E-state index in [2.05, 4.69) is 104 Å². The number of rotatable bonds is 8. The summed E-state index contributed by atoms with van der Waals surface area (Å²) in [7, 11) is 0. The van der Waals surface area contributed by atoms with Gasteiger partial charge in [-0.2, -0.15) is 5.10 Å². The molecule has 1 N–H and O–H groups in total. The largest absolute Gasteiger partial charge is 0.272 e. The number of benzene rings is 3. The molecular formula is C30H33N5OS. The first-order valence-corrected chi connectivity index (χ1v) is 13.4. The van der Waals surface area contributed by atoms with Gasteiger partial charge in [0.2, 0.25) is 0 Å². The molecule has 0 saturated carbocycles. The van der Waals surface area contributed by atoms with Gasteiger partial charge in [0.15, 0.2) is 11.0 Å². The summed E-state index contributed by atoms with van der Waals surface area (Å²) in [5, 5.41) is 13.7. The highest BCUT2D eigenvalue weighted by molar-refractivity contribution is 7.99.